The number of carbonyl (C=O) groups is 2. The Balaban J connectivity index is 0.000000175. The van der Waals surface area contributed by atoms with E-state index in [2.05, 4.69) is 0 Å². The number of halogens is 4. The van der Waals surface area contributed by atoms with Crippen LogP contribution >= 0.6 is 0 Å². The van der Waals surface area contributed by atoms with Gasteiger partial charge in [-0.1, -0.05) is 52.4 Å². The fourth-order valence-corrected chi connectivity index (χ4v) is 17.6. The van der Waals surface area contributed by atoms with Gasteiger partial charge in [0.2, 0.25) is 0 Å². The Morgan fingerprint density at radius 3 is 1.53 bits per heavy atom. The quantitative estimate of drug-likeness (QED) is 0.0985. The fraction of sp³-hybridized carbons (Fsp3) is 0.955. The first-order chi connectivity index (χ1) is 29.4. The molecule has 7 atom stereocenters. The van der Waals surface area contributed by atoms with E-state index in [1.807, 2.05) is 13.8 Å². The molecular formula is C44H64F4O14S2-2. The maximum absolute atomic E-state index is 14.1. The van der Waals surface area contributed by atoms with Crippen LogP contribution in [0.1, 0.15) is 174 Å². The summed E-state index contributed by atoms with van der Waals surface area (Å²) in [6.07, 6.45) is 13.1. The van der Waals surface area contributed by atoms with Gasteiger partial charge in [0, 0.05) is 21.7 Å². The number of rotatable bonds is 12. The topological polar surface area (TPSA) is 248 Å². The highest BCUT2D eigenvalue weighted by molar-refractivity contribution is 7.87. The third kappa shape index (κ3) is 6.99. The monoisotopic (exact) mass is 956 g/mol. The highest BCUT2D eigenvalue weighted by Gasteiger charge is 2.76. The van der Waals surface area contributed by atoms with Crippen molar-refractivity contribution in [3.05, 3.63) is 0 Å². The van der Waals surface area contributed by atoms with Gasteiger partial charge in [-0.2, -0.15) is 17.6 Å². The van der Waals surface area contributed by atoms with Crippen molar-refractivity contribution >= 4 is 32.2 Å². The van der Waals surface area contributed by atoms with Gasteiger partial charge < -0.3 is 39.0 Å². The lowest BCUT2D eigenvalue weighted by atomic mass is 9.36. The van der Waals surface area contributed by atoms with E-state index in [1.165, 1.54) is 0 Å². The molecule has 0 aromatic heterocycles. The zero-order valence-corrected chi connectivity index (χ0v) is 38.3. The average molecular weight is 957 g/mol. The molecule has 0 radical (unpaired) electrons. The first-order valence-corrected chi connectivity index (χ1v) is 26.2. The van der Waals surface area contributed by atoms with Crippen LogP contribution in [-0.4, -0.2) is 103 Å². The van der Waals surface area contributed by atoms with Crippen molar-refractivity contribution in [3.63, 3.8) is 0 Å². The molecule has 11 rings (SSSR count). The lowest BCUT2D eigenvalue weighted by molar-refractivity contribution is -0.299. The average Bonchev–Trinajstić information content (AvgIpc) is 3.97. The molecule has 0 aliphatic heterocycles. The molecule has 64 heavy (non-hydrogen) atoms. The largest absolute Gasteiger partial charge is 0.743 e. The van der Waals surface area contributed by atoms with Gasteiger partial charge in [0.25, 0.3) is 0 Å². The van der Waals surface area contributed by atoms with Gasteiger partial charge >= 0.3 is 22.4 Å². The zero-order chi connectivity index (χ0) is 47.1. The van der Waals surface area contributed by atoms with Crippen molar-refractivity contribution in [1.82, 2.24) is 0 Å². The molecule has 7 unspecified atom stereocenters. The third-order valence-electron chi connectivity index (χ3n) is 19.3. The molecule has 11 aliphatic rings. The second-order valence-electron chi connectivity index (χ2n) is 22.5. The summed E-state index contributed by atoms with van der Waals surface area (Å²) >= 11 is 0. The van der Waals surface area contributed by atoms with Crippen LogP contribution in [0.15, 0.2) is 0 Å². The maximum Gasteiger partial charge on any atom is 0.428 e. The van der Waals surface area contributed by atoms with Gasteiger partial charge in [-0.3, -0.25) is 0 Å². The van der Waals surface area contributed by atoms with Crippen LogP contribution in [0.2, 0.25) is 0 Å². The number of esters is 2. The van der Waals surface area contributed by atoms with Crippen molar-refractivity contribution in [2.45, 2.75) is 219 Å². The van der Waals surface area contributed by atoms with Crippen LogP contribution in [0, 0.1) is 39.4 Å². The molecule has 11 saturated carbocycles. The second kappa shape index (κ2) is 15.2. The summed E-state index contributed by atoms with van der Waals surface area (Å²) in [6.45, 7) is 3.83. The highest BCUT2D eigenvalue weighted by Crippen LogP contribution is 2.76. The number of alkyl halides is 4. The highest BCUT2D eigenvalue weighted by atomic mass is 32.2. The molecule has 366 valence electrons. The number of hydrogen-bond acceptors (Lipinski definition) is 14. The van der Waals surface area contributed by atoms with E-state index in [0.29, 0.717) is 96.3 Å². The molecule has 0 heterocycles. The summed E-state index contributed by atoms with van der Waals surface area (Å²) in [6, 6.07) is 0. The predicted octanol–water partition coefficient (Wildman–Crippen LogP) is 6.08. The van der Waals surface area contributed by atoms with Crippen molar-refractivity contribution < 1.29 is 83.0 Å². The Labute approximate surface area is 372 Å². The molecule has 0 amide bonds. The lowest BCUT2D eigenvalue weighted by Gasteiger charge is -2.71. The van der Waals surface area contributed by atoms with Crippen LogP contribution in [0.25, 0.3) is 0 Å². The Morgan fingerprint density at radius 1 is 0.625 bits per heavy atom. The van der Waals surface area contributed by atoms with Gasteiger partial charge in [0.1, 0.15) is 11.7 Å². The van der Waals surface area contributed by atoms with Crippen molar-refractivity contribution in [2.24, 2.45) is 39.4 Å². The van der Waals surface area contributed by atoms with Gasteiger partial charge in [0.05, 0.1) is 22.4 Å². The molecule has 0 spiro atoms. The number of ether oxygens (including phenoxy) is 2. The molecule has 20 heteroatoms. The van der Waals surface area contributed by atoms with Crippen molar-refractivity contribution in [3.8, 4) is 0 Å². The van der Waals surface area contributed by atoms with E-state index in [9.17, 15) is 73.5 Å². The minimum Gasteiger partial charge on any atom is -0.743 e. The molecular weight excluding hydrogens is 893 g/mol. The SMILES string of the molecule is CCC(O)(CC)C12CC3CC(C1)C(OC(=O)C(F)(F)S(=O)(=O)[O-])C(C1(O)CCCC1)(C3)C2.O=C(OC12CC3CC(C4(O)CCCC4)(C1)CC(C1(O)CCCC1)(C3)C2)C(F)(F)S(=O)(=O)[O-]. The molecule has 11 aliphatic carbocycles. The molecule has 4 N–H and O–H groups in total. The van der Waals surface area contributed by atoms with Crippen LogP contribution in [-0.2, 0) is 39.3 Å². The van der Waals surface area contributed by atoms with E-state index in [4.69, 9.17) is 9.47 Å². The summed E-state index contributed by atoms with van der Waals surface area (Å²) in [5, 5.41) is 36.5. The standard InChI is InChI=1S/C22H32F2O7S.C22H34F2O7S/c23-22(24,32(28,29)30)16(25)31-19-11-15-9-17(13-19,20(26)5-1-2-6-20)12-18(10-15,14-19)21(27)7-3-4-8-21;1-3-20(26,4-2)18-10-14-9-15(12-18)16(31-17(25)22(23,24)32(28,29)30)19(11-14,13-18)21(27)7-5-6-8-21/h15,26-27H,1-14H2,(H,28,29,30);14-16,26-27H,3-13H2,1-2H3,(H,28,29,30)/p-2. The molecule has 8 bridgehead atoms. The van der Waals surface area contributed by atoms with Crippen LogP contribution in [0.4, 0.5) is 17.6 Å². The van der Waals surface area contributed by atoms with Gasteiger partial charge in [-0.05, 0) is 140 Å². The number of aliphatic hydroxyl groups is 4. The first-order valence-electron chi connectivity index (χ1n) is 23.4. The molecule has 0 aromatic carbocycles. The summed E-state index contributed by atoms with van der Waals surface area (Å²) < 4.78 is 133. The minimum absolute atomic E-state index is 0.0363. The summed E-state index contributed by atoms with van der Waals surface area (Å²) in [7, 11) is -12.5. The minimum atomic E-state index is -6.24. The number of carbonyl (C=O) groups excluding carboxylic acids is 2. The zero-order valence-electron chi connectivity index (χ0n) is 36.7. The van der Waals surface area contributed by atoms with E-state index < -0.39 is 98.5 Å². The van der Waals surface area contributed by atoms with Crippen molar-refractivity contribution in [1.29, 1.82) is 0 Å². The second-order valence-corrected chi connectivity index (χ2v) is 25.3. The Morgan fingerprint density at radius 2 is 1.08 bits per heavy atom. The summed E-state index contributed by atoms with van der Waals surface area (Å²) in [5.41, 5.74) is -8.69. The third-order valence-corrected chi connectivity index (χ3v) is 20.9. The molecule has 0 aromatic rings. The summed E-state index contributed by atoms with van der Waals surface area (Å²) in [4.78, 5) is 24.6. The van der Waals surface area contributed by atoms with E-state index >= 15 is 0 Å². The Hall–Kier alpha value is -1.68. The molecule has 14 nitrogen and oxygen atoms in total. The summed E-state index contributed by atoms with van der Waals surface area (Å²) in [5.74, 6) is -4.97. The molecule has 11 fully saturated rings. The van der Waals surface area contributed by atoms with Gasteiger partial charge in [-0.25, -0.2) is 26.4 Å². The first kappa shape index (κ1) is 48.8. The predicted molar refractivity (Wildman–Crippen MR) is 215 cm³/mol. The van der Waals surface area contributed by atoms with Gasteiger partial charge in [0.15, 0.2) is 20.2 Å². The normalized spacial score (nSPS) is 40.6. The van der Waals surface area contributed by atoms with Crippen LogP contribution < -0.4 is 0 Å². The lowest BCUT2D eigenvalue weighted by Crippen LogP contribution is -2.72. The Kier molecular flexibility index (Phi) is 11.6. The van der Waals surface area contributed by atoms with E-state index in [1.54, 1.807) is 0 Å². The smallest absolute Gasteiger partial charge is 0.428 e. The Bertz CT molecular complexity index is 2060. The van der Waals surface area contributed by atoms with Gasteiger partial charge in [-0.15, -0.1) is 0 Å². The van der Waals surface area contributed by atoms with Crippen LogP contribution in [0.5, 0.6) is 0 Å². The maximum atomic E-state index is 14.1. The van der Waals surface area contributed by atoms with Crippen LogP contribution in [0.3, 0.4) is 0 Å². The fourth-order valence-electron chi connectivity index (χ4n) is 17.1. The number of hydrogen-bond donors (Lipinski definition) is 4. The van der Waals surface area contributed by atoms with Crippen molar-refractivity contribution in [2.75, 3.05) is 0 Å². The molecule has 0 saturated heterocycles. The van der Waals surface area contributed by atoms with E-state index in [0.717, 1.165) is 44.9 Å². The van der Waals surface area contributed by atoms with E-state index in [-0.39, 0.29) is 37.0 Å².